The smallest absolute Gasteiger partial charge is 0.270 e. The number of aryl methyl sites for hydroxylation is 1. The molecular formula is C12H10Br5ClN2O. The Labute approximate surface area is 169 Å². The molecule has 21 heavy (non-hydrogen) atoms. The number of hydrogen-bond donors (Lipinski definition) is 1. The van der Waals surface area contributed by atoms with Crippen LogP contribution in [0.3, 0.4) is 0 Å². The summed E-state index contributed by atoms with van der Waals surface area (Å²) in [5.74, 6) is 0. The van der Waals surface area contributed by atoms with Gasteiger partial charge < -0.3 is 4.98 Å². The van der Waals surface area contributed by atoms with E-state index in [1.807, 2.05) is 19.1 Å². The predicted molar refractivity (Wildman–Crippen MR) is 108 cm³/mol. The molecule has 0 aliphatic carbocycles. The average molecular weight is 633 g/mol. The van der Waals surface area contributed by atoms with Crippen LogP contribution in [0.4, 0.5) is 0 Å². The molecule has 3 nitrogen and oxygen atoms in total. The molecule has 116 valence electrons. The largest absolute Gasteiger partial charge is 0.318 e. The molecule has 0 spiro atoms. The van der Waals surface area contributed by atoms with Crippen LogP contribution in [0.2, 0.25) is 5.02 Å². The van der Waals surface area contributed by atoms with Crippen molar-refractivity contribution in [1.82, 2.24) is 9.97 Å². The molecule has 0 bridgehead atoms. The molecular weight excluding hydrogens is 623 g/mol. The van der Waals surface area contributed by atoms with E-state index in [-0.39, 0.29) is 6.61 Å². The third kappa shape index (κ3) is 6.59. The fraction of sp³-hybridized carbons (Fsp3) is 0.333. The highest BCUT2D eigenvalue weighted by Gasteiger charge is 2.09. The lowest BCUT2D eigenvalue weighted by Gasteiger charge is -2.05. The second kappa shape index (κ2) is 8.78. The average Bonchev–Trinajstić information content (AvgIpc) is 2.37. The van der Waals surface area contributed by atoms with Gasteiger partial charge in [-0.3, -0.25) is 4.79 Å². The summed E-state index contributed by atoms with van der Waals surface area (Å²) in [5.41, 5.74) is 2.65. The molecule has 1 aromatic carbocycles. The minimum Gasteiger partial charge on any atom is -0.318 e. The number of aromatic nitrogens is 2. The highest BCUT2D eigenvalue weighted by Crippen LogP contribution is 2.39. The molecule has 1 N–H and O–H groups in total. The molecule has 0 unspecified atom stereocenters. The summed E-state index contributed by atoms with van der Waals surface area (Å²) >= 11 is 22.0. The van der Waals surface area contributed by atoms with E-state index in [4.69, 9.17) is 11.6 Å². The van der Waals surface area contributed by atoms with Crippen molar-refractivity contribution in [2.75, 3.05) is 0 Å². The van der Waals surface area contributed by atoms with Crippen LogP contribution < -0.4 is 5.56 Å². The first-order valence-corrected chi connectivity index (χ1v) is 10.4. The molecule has 1 heterocycles. The van der Waals surface area contributed by atoms with Crippen molar-refractivity contribution in [1.29, 1.82) is 0 Å². The van der Waals surface area contributed by atoms with Crippen LogP contribution in [0.25, 0.3) is 11.0 Å². The number of nitrogens with zero attached hydrogens (tertiary/aromatic N) is 1. The molecule has 0 aliphatic heterocycles. The van der Waals surface area contributed by atoms with Gasteiger partial charge in [-0.2, -0.15) is 0 Å². The summed E-state index contributed by atoms with van der Waals surface area (Å²) in [5, 5.41) is 1.21. The van der Waals surface area contributed by atoms with Crippen LogP contribution in [-0.2, 0) is 11.8 Å². The lowest BCUT2D eigenvalue weighted by molar-refractivity contribution is 0.996. The van der Waals surface area contributed by atoms with Gasteiger partial charge in [0.2, 0.25) is 0 Å². The van der Waals surface area contributed by atoms with Crippen LogP contribution in [-0.4, -0.2) is 11.0 Å². The monoisotopic (exact) mass is 628 g/mol. The summed E-state index contributed by atoms with van der Waals surface area (Å²) in [6.45, 7) is 1.90. The molecule has 0 atom stereocenters. The number of alkyl halides is 5. The molecule has 0 aliphatic rings. The summed E-state index contributed by atoms with van der Waals surface area (Å²) in [4.78, 5) is 18.7. The number of benzene rings is 1. The topological polar surface area (TPSA) is 45.8 Å². The zero-order valence-corrected chi connectivity index (χ0v) is 19.4. The SMILES string of the molecule is BrC(Br)(Br)Br.CCc1nc2ccc(CBr)c(Cl)c2[nH]c1=O. The van der Waals surface area contributed by atoms with Gasteiger partial charge >= 0.3 is 0 Å². The lowest BCUT2D eigenvalue weighted by atomic mass is 10.2. The van der Waals surface area contributed by atoms with Crippen LogP contribution in [0.5, 0.6) is 0 Å². The first-order chi connectivity index (χ1) is 9.67. The van der Waals surface area contributed by atoms with Crippen LogP contribution in [0.1, 0.15) is 18.2 Å². The third-order valence-electron chi connectivity index (χ3n) is 2.43. The lowest BCUT2D eigenvalue weighted by Crippen LogP contribution is -2.14. The number of fused-ring (bicyclic) bond motifs is 1. The van der Waals surface area contributed by atoms with Gasteiger partial charge in [-0.1, -0.05) is 40.5 Å². The molecule has 0 saturated heterocycles. The highest BCUT2D eigenvalue weighted by molar-refractivity contribution is 9.52. The van der Waals surface area contributed by atoms with E-state index < -0.39 is 0 Å². The van der Waals surface area contributed by atoms with E-state index >= 15 is 0 Å². The molecule has 0 radical (unpaired) electrons. The van der Waals surface area contributed by atoms with Crippen molar-refractivity contribution in [2.24, 2.45) is 0 Å². The number of H-pyrrole nitrogens is 1. The molecule has 2 rings (SSSR count). The van der Waals surface area contributed by atoms with E-state index in [1.165, 1.54) is 0 Å². The Morgan fingerprint density at radius 2 is 1.86 bits per heavy atom. The molecule has 0 fully saturated rings. The number of nitrogens with one attached hydrogen (secondary N) is 1. The van der Waals surface area contributed by atoms with Crippen LogP contribution in [0.15, 0.2) is 16.9 Å². The van der Waals surface area contributed by atoms with Gasteiger partial charge in [0.05, 0.1) is 16.1 Å². The van der Waals surface area contributed by atoms with Crippen molar-refractivity contribution in [3.63, 3.8) is 0 Å². The van der Waals surface area contributed by atoms with Crippen LogP contribution >= 0.6 is 91.3 Å². The minimum absolute atomic E-state index is 0.163. The Balaban J connectivity index is 0.000000383. The Kier molecular flexibility index (Phi) is 8.40. The van der Waals surface area contributed by atoms with Gasteiger partial charge in [0.15, 0.2) is 1.05 Å². The quantitative estimate of drug-likeness (QED) is 0.400. The predicted octanol–water partition coefficient (Wildman–Crippen LogP) is 6.21. The highest BCUT2D eigenvalue weighted by atomic mass is 80.0. The Morgan fingerprint density at radius 1 is 1.29 bits per heavy atom. The van der Waals surface area contributed by atoms with Gasteiger partial charge in [0.1, 0.15) is 5.69 Å². The number of rotatable bonds is 2. The van der Waals surface area contributed by atoms with Gasteiger partial charge in [0, 0.05) is 5.33 Å². The van der Waals surface area contributed by atoms with Gasteiger partial charge in [-0.15, -0.1) is 0 Å². The van der Waals surface area contributed by atoms with Crippen molar-refractivity contribution < 1.29 is 0 Å². The van der Waals surface area contributed by atoms with Gasteiger partial charge in [-0.25, -0.2) is 4.98 Å². The minimum atomic E-state index is -0.250. The summed E-state index contributed by atoms with van der Waals surface area (Å²) in [7, 11) is 0. The van der Waals surface area contributed by atoms with Gasteiger partial charge in [-0.05, 0) is 81.8 Å². The molecule has 2 aromatic rings. The van der Waals surface area contributed by atoms with Crippen molar-refractivity contribution in [3.8, 4) is 0 Å². The normalized spacial score (nSPS) is 11.2. The summed E-state index contributed by atoms with van der Waals surface area (Å²) in [6.07, 6.45) is 0.614. The zero-order chi connectivity index (χ0) is 16.2. The van der Waals surface area contributed by atoms with E-state index in [9.17, 15) is 4.79 Å². The van der Waals surface area contributed by atoms with Crippen molar-refractivity contribution >= 4 is 102 Å². The number of halogens is 6. The molecule has 0 amide bonds. The van der Waals surface area contributed by atoms with E-state index in [0.717, 1.165) is 11.1 Å². The zero-order valence-electron chi connectivity index (χ0n) is 10.7. The van der Waals surface area contributed by atoms with E-state index in [2.05, 4.69) is 89.6 Å². The van der Waals surface area contributed by atoms with Crippen molar-refractivity contribution in [3.05, 3.63) is 38.8 Å². The fourth-order valence-corrected chi connectivity index (χ4v) is 2.45. The van der Waals surface area contributed by atoms with Crippen molar-refractivity contribution in [2.45, 2.75) is 19.7 Å². The second-order valence-corrected chi connectivity index (χ2v) is 15.9. The first-order valence-electron chi connectivity index (χ1n) is 5.69. The van der Waals surface area contributed by atoms with Crippen LogP contribution in [0, 0.1) is 0 Å². The summed E-state index contributed by atoms with van der Waals surface area (Å²) < 4.78 is -0.250. The number of hydrogen-bond acceptors (Lipinski definition) is 2. The Hall–Kier alpha value is 1.05. The fourth-order valence-electron chi connectivity index (χ4n) is 1.55. The second-order valence-electron chi connectivity index (χ2n) is 3.86. The van der Waals surface area contributed by atoms with Gasteiger partial charge in [0.25, 0.3) is 5.56 Å². The Bertz CT molecular complexity index is 678. The first kappa shape index (κ1) is 20.1. The van der Waals surface area contributed by atoms with E-state index in [1.54, 1.807) is 0 Å². The molecule has 0 saturated carbocycles. The third-order valence-corrected chi connectivity index (χ3v) is 3.47. The molecule has 1 aromatic heterocycles. The maximum absolute atomic E-state index is 11.6. The maximum atomic E-state index is 11.6. The van der Waals surface area contributed by atoms with E-state index in [0.29, 0.717) is 28.0 Å². The maximum Gasteiger partial charge on any atom is 0.270 e. The standard InChI is InChI=1S/C11H10BrClN2O.CBr4/c1-2-7-11(16)15-10-8(14-7)4-3-6(5-12)9(10)13;2-1(3,4)5/h3-4H,2,5H2,1H3,(H,15,16);. The number of aromatic amines is 1. The Morgan fingerprint density at radius 3 is 2.33 bits per heavy atom. The molecule has 9 heteroatoms. The summed E-state index contributed by atoms with van der Waals surface area (Å²) in [6, 6.07) is 3.77.